The summed E-state index contributed by atoms with van der Waals surface area (Å²) in [5, 5.41) is 7.82. The molecule has 0 aliphatic carbocycles. The minimum absolute atomic E-state index is 0.0214. The maximum atomic E-state index is 12.2. The van der Waals surface area contributed by atoms with Gasteiger partial charge in [0.15, 0.2) is 5.65 Å². The molecule has 8 heteroatoms. The number of nitrogens with two attached hydrogens (primary N) is 1. The average Bonchev–Trinajstić information content (AvgIpc) is 3.44. The summed E-state index contributed by atoms with van der Waals surface area (Å²) in [5.41, 5.74) is 11.2. The van der Waals surface area contributed by atoms with E-state index < -0.39 is 0 Å². The van der Waals surface area contributed by atoms with Gasteiger partial charge in [-0.2, -0.15) is 5.10 Å². The number of hydrogen-bond acceptors (Lipinski definition) is 6. The molecular formula is C24H24N6OS. The van der Waals surface area contributed by atoms with Crippen LogP contribution in [0.4, 0.5) is 5.82 Å². The molecule has 32 heavy (non-hydrogen) atoms. The molecule has 162 valence electrons. The Morgan fingerprint density at radius 1 is 1.28 bits per heavy atom. The molecule has 4 aromatic rings. The molecule has 4 heterocycles. The highest BCUT2D eigenvalue weighted by atomic mass is 32.1. The number of amides is 1. The fraction of sp³-hybridized carbons (Fsp3) is 0.250. The van der Waals surface area contributed by atoms with Gasteiger partial charge in [0.2, 0.25) is 5.91 Å². The molecule has 1 saturated heterocycles. The van der Waals surface area contributed by atoms with Crippen LogP contribution in [-0.4, -0.2) is 43.6 Å². The van der Waals surface area contributed by atoms with E-state index in [9.17, 15) is 4.79 Å². The van der Waals surface area contributed by atoms with Crippen molar-refractivity contribution in [1.29, 1.82) is 0 Å². The van der Waals surface area contributed by atoms with Crippen LogP contribution >= 0.6 is 11.3 Å². The van der Waals surface area contributed by atoms with Crippen LogP contribution in [0.2, 0.25) is 0 Å². The number of hydrogen-bond donors (Lipinski definition) is 1. The zero-order valence-electron chi connectivity index (χ0n) is 17.9. The maximum absolute atomic E-state index is 12.2. The summed E-state index contributed by atoms with van der Waals surface area (Å²) < 4.78 is 1.93. The summed E-state index contributed by atoms with van der Waals surface area (Å²) in [6.07, 6.45) is 4.66. The molecule has 0 radical (unpaired) electrons. The number of carbonyl (C=O) groups is 1. The molecule has 1 aromatic carbocycles. The molecule has 1 amide bonds. The van der Waals surface area contributed by atoms with E-state index in [1.54, 1.807) is 11.3 Å². The number of benzene rings is 1. The van der Waals surface area contributed by atoms with E-state index >= 15 is 0 Å². The van der Waals surface area contributed by atoms with Crippen LogP contribution in [0.3, 0.4) is 0 Å². The van der Waals surface area contributed by atoms with Gasteiger partial charge in [-0.05, 0) is 37.5 Å². The monoisotopic (exact) mass is 444 g/mol. The van der Waals surface area contributed by atoms with Gasteiger partial charge in [-0.3, -0.25) is 4.79 Å². The first-order valence-corrected chi connectivity index (χ1v) is 11.5. The fourth-order valence-corrected chi connectivity index (χ4v) is 5.24. The van der Waals surface area contributed by atoms with Gasteiger partial charge < -0.3 is 10.6 Å². The second kappa shape index (κ2) is 8.20. The first kappa shape index (κ1) is 20.4. The number of piperidine rings is 1. The van der Waals surface area contributed by atoms with E-state index in [-0.39, 0.29) is 11.9 Å². The molecule has 2 N–H and O–H groups in total. The molecule has 1 aliphatic heterocycles. The van der Waals surface area contributed by atoms with Crippen LogP contribution in [0.1, 0.15) is 24.4 Å². The van der Waals surface area contributed by atoms with Crippen LogP contribution in [0.25, 0.3) is 32.7 Å². The number of aryl methyl sites for hydroxylation is 1. The van der Waals surface area contributed by atoms with E-state index in [1.165, 1.54) is 28.4 Å². The molecule has 1 aliphatic rings. The molecule has 5 rings (SSSR count). The summed E-state index contributed by atoms with van der Waals surface area (Å²) in [4.78, 5) is 23.9. The fourth-order valence-electron chi connectivity index (χ4n) is 4.35. The molecule has 1 unspecified atom stereocenters. The average molecular weight is 445 g/mol. The van der Waals surface area contributed by atoms with E-state index in [4.69, 9.17) is 10.8 Å². The van der Waals surface area contributed by atoms with E-state index in [0.717, 1.165) is 36.0 Å². The number of likely N-dealkylation sites (tertiary alicyclic amines) is 1. The summed E-state index contributed by atoms with van der Waals surface area (Å²) in [7, 11) is 0. The Bertz CT molecular complexity index is 1320. The van der Waals surface area contributed by atoms with Gasteiger partial charge in [0.1, 0.15) is 17.8 Å². The lowest BCUT2D eigenvalue weighted by Crippen LogP contribution is -2.40. The van der Waals surface area contributed by atoms with Gasteiger partial charge in [0.05, 0.1) is 11.4 Å². The van der Waals surface area contributed by atoms with Crippen molar-refractivity contribution in [3.05, 3.63) is 60.3 Å². The summed E-state index contributed by atoms with van der Waals surface area (Å²) in [6, 6.07) is 10.6. The summed E-state index contributed by atoms with van der Waals surface area (Å²) >= 11 is 1.68. The molecule has 1 fully saturated rings. The number of fused-ring (bicyclic) bond motifs is 1. The minimum Gasteiger partial charge on any atom is -0.383 e. The predicted molar refractivity (Wildman–Crippen MR) is 128 cm³/mol. The number of aromatic nitrogens is 4. The standard InChI is InChI=1S/C24H24N6OS/c1-3-20(31)29-9-5-8-18(12-29)30-24-21(23(25)26-14-27-24)22(28-30)17-11-19(32-13-17)16-7-4-6-15(2)10-16/h3-4,6-7,10-11,13-14,18H,1,5,8-9,12H2,2H3,(H2,25,26,27). The molecule has 3 aromatic heterocycles. The Hall–Kier alpha value is -3.52. The number of nitrogens with zero attached hydrogens (tertiary/aromatic N) is 5. The third-order valence-corrected chi connectivity index (χ3v) is 6.90. The van der Waals surface area contributed by atoms with Crippen molar-refractivity contribution in [3.63, 3.8) is 0 Å². The topological polar surface area (TPSA) is 89.9 Å². The normalized spacial score (nSPS) is 16.4. The second-order valence-corrected chi connectivity index (χ2v) is 9.02. The van der Waals surface area contributed by atoms with Crippen LogP contribution < -0.4 is 5.73 Å². The smallest absolute Gasteiger partial charge is 0.246 e. The largest absolute Gasteiger partial charge is 0.383 e. The third kappa shape index (κ3) is 3.56. The molecule has 7 nitrogen and oxygen atoms in total. The predicted octanol–water partition coefficient (Wildman–Crippen LogP) is 4.46. The van der Waals surface area contributed by atoms with Crippen LogP contribution in [0.15, 0.2) is 54.7 Å². The first-order valence-electron chi connectivity index (χ1n) is 10.6. The van der Waals surface area contributed by atoms with E-state index in [2.05, 4.69) is 59.2 Å². The van der Waals surface area contributed by atoms with Gasteiger partial charge in [0, 0.05) is 28.9 Å². The number of nitrogen functional groups attached to an aromatic ring is 1. The van der Waals surface area contributed by atoms with Crippen molar-refractivity contribution in [2.45, 2.75) is 25.8 Å². The zero-order valence-corrected chi connectivity index (χ0v) is 18.7. The maximum Gasteiger partial charge on any atom is 0.246 e. The Morgan fingerprint density at radius 3 is 2.97 bits per heavy atom. The lowest BCUT2D eigenvalue weighted by molar-refractivity contribution is -0.127. The van der Waals surface area contributed by atoms with Crippen molar-refractivity contribution < 1.29 is 4.79 Å². The van der Waals surface area contributed by atoms with Gasteiger partial charge in [-0.1, -0.05) is 36.4 Å². The Balaban J connectivity index is 1.58. The third-order valence-electron chi connectivity index (χ3n) is 5.92. The van der Waals surface area contributed by atoms with Crippen molar-refractivity contribution in [3.8, 4) is 21.7 Å². The Kier molecular flexibility index (Phi) is 5.22. The van der Waals surface area contributed by atoms with Gasteiger partial charge in [-0.25, -0.2) is 14.6 Å². The highest BCUT2D eigenvalue weighted by Crippen LogP contribution is 2.38. The van der Waals surface area contributed by atoms with Crippen molar-refractivity contribution >= 4 is 34.1 Å². The second-order valence-electron chi connectivity index (χ2n) is 8.10. The van der Waals surface area contributed by atoms with Crippen molar-refractivity contribution in [2.24, 2.45) is 0 Å². The Labute approximate surface area is 190 Å². The molecular weight excluding hydrogens is 420 g/mol. The highest BCUT2D eigenvalue weighted by Gasteiger charge is 2.28. The zero-order chi connectivity index (χ0) is 22.2. The van der Waals surface area contributed by atoms with Crippen molar-refractivity contribution in [1.82, 2.24) is 24.6 Å². The summed E-state index contributed by atoms with van der Waals surface area (Å²) in [5.74, 6) is 0.357. The lowest BCUT2D eigenvalue weighted by Gasteiger charge is -2.32. The SMILES string of the molecule is C=CC(=O)N1CCCC(n2nc(-c3csc(-c4cccc(C)c4)c3)c3c(N)ncnc32)C1. The highest BCUT2D eigenvalue weighted by molar-refractivity contribution is 7.14. The van der Waals surface area contributed by atoms with Crippen LogP contribution in [0, 0.1) is 6.92 Å². The number of carbonyl (C=O) groups excluding carboxylic acids is 1. The van der Waals surface area contributed by atoms with Gasteiger partial charge in [-0.15, -0.1) is 11.3 Å². The first-order chi connectivity index (χ1) is 15.5. The number of rotatable bonds is 4. The molecule has 1 atom stereocenters. The van der Waals surface area contributed by atoms with Crippen LogP contribution in [0.5, 0.6) is 0 Å². The van der Waals surface area contributed by atoms with Gasteiger partial charge in [0.25, 0.3) is 0 Å². The lowest BCUT2D eigenvalue weighted by atomic mass is 10.1. The quantitative estimate of drug-likeness (QED) is 0.469. The molecule has 0 spiro atoms. The van der Waals surface area contributed by atoms with Crippen LogP contribution in [-0.2, 0) is 4.79 Å². The van der Waals surface area contributed by atoms with Gasteiger partial charge >= 0.3 is 0 Å². The number of thiophene rings is 1. The molecule has 0 saturated carbocycles. The summed E-state index contributed by atoms with van der Waals surface area (Å²) in [6.45, 7) is 7.02. The number of anilines is 1. The minimum atomic E-state index is -0.0545. The van der Waals surface area contributed by atoms with E-state index in [1.807, 2.05) is 9.58 Å². The Morgan fingerprint density at radius 2 is 2.16 bits per heavy atom. The van der Waals surface area contributed by atoms with E-state index in [0.29, 0.717) is 18.0 Å². The van der Waals surface area contributed by atoms with Crippen molar-refractivity contribution in [2.75, 3.05) is 18.8 Å². The molecule has 0 bridgehead atoms.